The van der Waals surface area contributed by atoms with E-state index in [2.05, 4.69) is 15.9 Å². The van der Waals surface area contributed by atoms with Gasteiger partial charge in [-0.15, -0.1) is 0 Å². The average Bonchev–Trinajstić information content (AvgIpc) is 2.53. The van der Waals surface area contributed by atoms with E-state index in [4.69, 9.17) is 0 Å². The number of halogens is 2. The lowest BCUT2D eigenvalue weighted by molar-refractivity contribution is 0.0462. The molecule has 0 spiro atoms. The largest absolute Gasteiger partial charge is 0.388 e. The molecule has 0 aliphatic carbocycles. The molecule has 2 atom stereocenters. The highest BCUT2D eigenvalue weighted by Crippen LogP contribution is 2.39. The molecular weight excluding hydrogens is 291 g/mol. The van der Waals surface area contributed by atoms with Gasteiger partial charge in [-0.3, -0.25) is 0 Å². The molecule has 1 aromatic rings. The highest BCUT2D eigenvalue weighted by atomic mass is 79.9. The van der Waals surface area contributed by atoms with Gasteiger partial charge in [-0.25, -0.2) is 4.39 Å². The van der Waals surface area contributed by atoms with Crippen molar-refractivity contribution in [2.75, 3.05) is 5.75 Å². The summed E-state index contributed by atoms with van der Waals surface area (Å²) in [6, 6.07) is 4.61. The number of hydrogen-bond acceptors (Lipinski definition) is 2. The van der Waals surface area contributed by atoms with E-state index in [0.29, 0.717) is 6.42 Å². The molecule has 1 aliphatic rings. The number of benzene rings is 1. The Hall–Kier alpha value is -0.0600. The van der Waals surface area contributed by atoms with Crippen LogP contribution in [0.15, 0.2) is 22.7 Å². The molecule has 0 bridgehead atoms. The van der Waals surface area contributed by atoms with Gasteiger partial charge in [-0.1, -0.05) is 22.9 Å². The maximum Gasteiger partial charge on any atom is 0.123 e. The van der Waals surface area contributed by atoms with Crippen molar-refractivity contribution in [2.45, 2.75) is 30.6 Å². The smallest absolute Gasteiger partial charge is 0.123 e. The van der Waals surface area contributed by atoms with Gasteiger partial charge in [0, 0.05) is 16.1 Å². The van der Waals surface area contributed by atoms with Gasteiger partial charge >= 0.3 is 0 Å². The molecule has 16 heavy (non-hydrogen) atoms. The second-order valence-electron chi connectivity index (χ2n) is 4.28. The summed E-state index contributed by atoms with van der Waals surface area (Å²) in [5.41, 5.74) is 0.151. The van der Waals surface area contributed by atoms with E-state index in [1.165, 1.54) is 12.1 Å². The Kier molecular flexibility index (Phi) is 3.62. The lowest BCUT2D eigenvalue weighted by atomic mass is 9.89. The topological polar surface area (TPSA) is 20.2 Å². The minimum atomic E-state index is -0.693. The average molecular weight is 305 g/mol. The quantitative estimate of drug-likeness (QED) is 0.904. The van der Waals surface area contributed by atoms with Gasteiger partial charge in [0.1, 0.15) is 5.82 Å². The SMILES string of the molecule is CC1SCCC1(O)Cc1cc(F)ccc1Br. The summed E-state index contributed by atoms with van der Waals surface area (Å²) in [5, 5.41) is 10.7. The van der Waals surface area contributed by atoms with Crippen molar-refractivity contribution in [3.05, 3.63) is 34.1 Å². The Bertz CT molecular complexity index is 399. The molecule has 1 nitrogen and oxygen atoms in total. The molecule has 0 amide bonds. The van der Waals surface area contributed by atoms with Crippen LogP contribution in [0.3, 0.4) is 0 Å². The lowest BCUT2D eigenvalue weighted by Crippen LogP contribution is -2.37. The normalized spacial score (nSPS) is 29.6. The fraction of sp³-hybridized carbons (Fsp3) is 0.500. The molecule has 0 radical (unpaired) electrons. The highest BCUT2D eigenvalue weighted by molar-refractivity contribution is 9.10. The lowest BCUT2D eigenvalue weighted by Gasteiger charge is -2.27. The molecule has 1 aromatic carbocycles. The number of hydrogen-bond donors (Lipinski definition) is 1. The van der Waals surface area contributed by atoms with Gasteiger partial charge in [-0.05, 0) is 35.9 Å². The number of rotatable bonds is 2. The van der Waals surface area contributed by atoms with Gasteiger partial charge in [0.05, 0.1) is 5.60 Å². The van der Waals surface area contributed by atoms with Crippen molar-refractivity contribution < 1.29 is 9.50 Å². The first-order valence-corrected chi connectivity index (χ1v) is 7.13. The van der Waals surface area contributed by atoms with Gasteiger partial charge < -0.3 is 5.11 Å². The van der Waals surface area contributed by atoms with E-state index in [9.17, 15) is 9.50 Å². The van der Waals surface area contributed by atoms with E-state index in [0.717, 1.165) is 22.2 Å². The Morgan fingerprint density at radius 1 is 1.62 bits per heavy atom. The zero-order valence-electron chi connectivity index (χ0n) is 9.04. The van der Waals surface area contributed by atoms with Gasteiger partial charge in [-0.2, -0.15) is 11.8 Å². The first kappa shape index (κ1) is 12.4. The minimum Gasteiger partial charge on any atom is -0.388 e. The summed E-state index contributed by atoms with van der Waals surface area (Å²) in [6.45, 7) is 2.03. The summed E-state index contributed by atoms with van der Waals surface area (Å²) < 4.78 is 14.0. The van der Waals surface area contributed by atoms with Crippen LogP contribution < -0.4 is 0 Å². The highest BCUT2D eigenvalue weighted by Gasteiger charge is 2.39. The Balaban J connectivity index is 2.23. The van der Waals surface area contributed by atoms with E-state index in [1.807, 2.05) is 6.92 Å². The van der Waals surface area contributed by atoms with Crippen molar-refractivity contribution in [3.63, 3.8) is 0 Å². The fourth-order valence-corrected chi connectivity index (χ4v) is 3.73. The summed E-state index contributed by atoms with van der Waals surface area (Å²) in [7, 11) is 0. The van der Waals surface area contributed by atoms with Crippen molar-refractivity contribution in [3.8, 4) is 0 Å². The molecule has 1 N–H and O–H groups in total. The molecule has 88 valence electrons. The zero-order chi connectivity index (χ0) is 11.8. The monoisotopic (exact) mass is 304 g/mol. The Labute approximate surface area is 108 Å². The summed E-state index contributed by atoms with van der Waals surface area (Å²) in [6.07, 6.45) is 1.29. The molecule has 4 heteroatoms. The first-order valence-electron chi connectivity index (χ1n) is 5.29. The van der Waals surface area contributed by atoms with E-state index < -0.39 is 5.60 Å². The molecule has 2 rings (SSSR count). The minimum absolute atomic E-state index is 0.211. The van der Waals surface area contributed by atoms with Crippen LogP contribution >= 0.6 is 27.7 Å². The van der Waals surface area contributed by atoms with Crippen molar-refractivity contribution >= 4 is 27.7 Å². The van der Waals surface area contributed by atoms with E-state index >= 15 is 0 Å². The Morgan fingerprint density at radius 3 is 3.00 bits per heavy atom. The predicted octanol–water partition coefficient (Wildman–Crippen LogP) is 3.39. The van der Waals surface area contributed by atoms with Crippen LogP contribution in [0.25, 0.3) is 0 Å². The standard InChI is InChI=1S/C12H14BrFOS/c1-8-12(15,4-5-16-8)7-9-6-10(14)2-3-11(9)13/h2-3,6,8,15H,4-5,7H2,1H3. The van der Waals surface area contributed by atoms with E-state index in [-0.39, 0.29) is 11.1 Å². The predicted molar refractivity (Wildman–Crippen MR) is 69.3 cm³/mol. The van der Waals surface area contributed by atoms with Crippen molar-refractivity contribution in [2.24, 2.45) is 0 Å². The molecule has 1 heterocycles. The molecular formula is C12H14BrFOS. The molecule has 0 aromatic heterocycles. The maximum atomic E-state index is 13.1. The third kappa shape index (κ3) is 2.44. The van der Waals surface area contributed by atoms with Crippen LogP contribution in [0.4, 0.5) is 4.39 Å². The second kappa shape index (κ2) is 4.67. The Morgan fingerprint density at radius 2 is 2.38 bits per heavy atom. The summed E-state index contributed by atoms with van der Waals surface area (Å²) in [4.78, 5) is 0. The molecule has 1 saturated heterocycles. The molecule has 0 saturated carbocycles. The molecule has 1 fully saturated rings. The van der Waals surface area contributed by atoms with Crippen LogP contribution in [0.5, 0.6) is 0 Å². The second-order valence-corrected chi connectivity index (χ2v) is 6.58. The van der Waals surface area contributed by atoms with Crippen LogP contribution in [-0.4, -0.2) is 21.7 Å². The van der Waals surface area contributed by atoms with Crippen LogP contribution in [-0.2, 0) is 6.42 Å². The maximum absolute atomic E-state index is 13.1. The van der Waals surface area contributed by atoms with Gasteiger partial charge in [0.25, 0.3) is 0 Å². The van der Waals surface area contributed by atoms with Crippen LogP contribution in [0, 0.1) is 5.82 Å². The number of aliphatic hydroxyl groups is 1. The molecule has 1 aliphatic heterocycles. The molecule has 2 unspecified atom stereocenters. The van der Waals surface area contributed by atoms with E-state index in [1.54, 1.807) is 17.8 Å². The third-order valence-corrected chi connectivity index (χ3v) is 5.32. The summed E-state index contributed by atoms with van der Waals surface area (Å²) in [5.74, 6) is 0.727. The summed E-state index contributed by atoms with van der Waals surface area (Å²) >= 11 is 5.17. The third-order valence-electron chi connectivity index (χ3n) is 3.16. The van der Waals surface area contributed by atoms with Gasteiger partial charge in [0.15, 0.2) is 0 Å². The van der Waals surface area contributed by atoms with Crippen molar-refractivity contribution in [1.82, 2.24) is 0 Å². The number of thioether (sulfide) groups is 1. The van der Waals surface area contributed by atoms with Crippen LogP contribution in [0.2, 0.25) is 0 Å². The fourth-order valence-electron chi connectivity index (χ4n) is 2.01. The zero-order valence-corrected chi connectivity index (χ0v) is 11.4. The first-order chi connectivity index (χ1) is 7.51. The van der Waals surface area contributed by atoms with Gasteiger partial charge in [0.2, 0.25) is 0 Å². The van der Waals surface area contributed by atoms with Crippen LogP contribution in [0.1, 0.15) is 18.9 Å². The van der Waals surface area contributed by atoms with Crippen molar-refractivity contribution in [1.29, 1.82) is 0 Å².